The average molecular weight is 274 g/mol. The molecule has 0 aliphatic carbocycles. The minimum absolute atomic E-state index is 0.378. The molecule has 0 fully saturated rings. The molecule has 3 rings (SSSR count). The van der Waals surface area contributed by atoms with Crippen molar-refractivity contribution in [3.8, 4) is 11.8 Å². The highest BCUT2D eigenvalue weighted by molar-refractivity contribution is 5.78. The Morgan fingerprint density at radius 3 is 2.29 bits per heavy atom. The van der Waals surface area contributed by atoms with E-state index in [0.717, 1.165) is 22.8 Å². The molecule has 0 saturated carbocycles. The predicted molar refractivity (Wildman–Crippen MR) is 80.3 cm³/mol. The molecule has 0 spiro atoms. The first-order valence-corrected chi connectivity index (χ1v) is 6.36. The fourth-order valence-electron chi connectivity index (χ4n) is 1.93. The SMILES string of the molecule is O=Cc1ccc(C#Cc2ccc3ccc(=O)oc3c2)cc1. The maximum absolute atomic E-state index is 11.2. The maximum Gasteiger partial charge on any atom is 0.336 e. The van der Waals surface area contributed by atoms with Crippen LogP contribution < -0.4 is 5.63 Å². The van der Waals surface area contributed by atoms with Gasteiger partial charge < -0.3 is 4.42 Å². The van der Waals surface area contributed by atoms with E-state index in [9.17, 15) is 9.59 Å². The summed E-state index contributed by atoms with van der Waals surface area (Å²) in [7, 11) is 0. The molecular formula is C18H10O3. The lowest BCUT2D eigenvalue weighted by molar-refractivity contribution is 0.112. The van der Waals surface area contributed by atoms with E-state index in [1.165, 1.54) is 6.07 Å². The van der Waals surface area contributed by atoms with Crippen molar-refractivity contribution in [1.82, 2.24) is 0 Å². The molecule has 0 amide bonds. The van der Waals surface area contributed by atoms with E-state index >= 15 is 0 Å². The summed E-state index contributed by atoms with van der Waals surface area (Å²) in [5.41, 5.74) is 2.34. The van der Waals surface area contributed by atoms with Crippen molar-refractivity contribution in [2.24, 2.45) is 0 Å². The van der Waals surface area contributed by atoms with Gasteiger partial charge in [0.2, 0.25) is 0 Å². The molecule has 0 atom stereocenters. The number of carbonyl (C=O) groups excluding carboxylic acids is 1. The summed E-state index contributed by atoms with van der Waals surface area (Å²) < 4.78 is 5.12. The minimum atomic E-state index is -0.378. The topological polar surface area (TPSA) is 47.3 Å². The number of hydrogen-bond donors (Lipinski definition) is 0. The lowest BCUT2D eigenvalue weighted by Crippen LogP contribution is -1.94. The zero-order chi connectivity index (χ0) is 14.7. The van der Waals surface area contributed by atoms with E-state index in [0.29, 0.717) is 11.1 Å². The highest BCUT2D eigenvalue weighted by atomic mass is 16.4. The lowest BCUT2D eigenvalue weighted by atomic mass is 10.1. The number of hydrogen-bond acceptors (Lipinski definition) is 3. The Hall–Kier alpha value is -3.12. The Morgan fingerprint density at radius 1 is 0.857 bits per heavy atom. The Labute approximate surface area is 120 Å². The monoisotopic (exact) mass is 274 g/mol. The van der Waals surface area contributed by atoms with E-state index < -0.39 is 0 Å². The van der Waals surface area contributed by atoms with Crippen LogP contribution in [0.2, 0.25) is 0 Å². The van der Waals surface area contributed by atoms with Gasteiger partial charge in [0.15, 0.2) is 0 Å². The van der Waals surface area contributed by atoms with Crippen LogP contribution in [-0.4, -0.2) is 6.29 Å². The first-order chi connectivity index (χ1) is 10.2. The predicted octanol–water partition coefficient (Wildman–Crippen LogP) is 3.01. The summed E-state index contributed by atoms with van der Waals surface area (Å²) in [5, 5.41) is 0.857. The second kappa shape index (κ2) is 5.48. The van der Waals surface area contributed by atoms with Crippen LogP contribution in [0.25, 0.3) is 11.0 Å². The molecule has 2 aromatic carbocycles. The molecule has 1 heterocycles. The Bertz CT molecular complexity index is 922. The molecule has 3 nitrogen and oxygen atoms in total. The van der Waals surface area contributed by atoms with Crippen LogP contribution >= 0.6 is 0 Å². The van der Waals surface area contributed by atoms with E-state index in [1.807, 2.05) is 12.1 Å². The van der Waals surface area contributed by atoms with Gasteiger partial charge in [-0.15, -0.1) is 0 Å². The van der Waals surface area contributed by atoms with Crippen LogP contribution in [0, 0.1) is 11.8 Å². The maximum atomic E-state index is 11.2. The molecule has 1 aromatic heterocycles. The lowest BCUT2D eigenvalue weighted by Gasteiger charge is -1.96. The number of benzene rings is 2. The summed E-state index contributed by atoms with van der Waals surface area (Å²) in [6.45, 7) is 0. The molecule has 100 valence electrons. The van der Waals surface area contributed by atoms with E-state index in [2.05, 4.69) is 11.8 Å². The summed E-state index contributed by atoms with van der Waals surface area (Å²) >= 11 is 0. The number of rotatable bonds is 1. The normalized spacial score (nSPS) is 9.90. The average Bonchev–Trinajstić information content (AvgIpc) is 2.53. The van der Waals surface area contributed by atoms with E-state index in [4.69, 9.17) is 4.42 Å². The number of carbonyl (C=O) groups is 1. The summed E-state index contributed by atoms with van der Waals surface area (Å²) in [4.78, 5) is 21.8. The molecule has 0 aliphatic heterocycles. The molecule has 3 aromatic rings. The van der Waals surface area contributed by atoms with Crippen molar-refractivity contribution in [3.63, 3.8) is 0 Å². The summed E-state index contributed by atoms with van der Waals surface area (Å²) in [5.74, 6) is 6.02. The van der Waals surface area contributed by atoms with Crippen LogP contribution in [0.15, 0.2) is 63.8 Å². The highest BCUT2D eigenvalue weighted by Gasteiger charge is 1.97. The fraction of sp³-hybridized carbons (Fsp3) is 0. The van der Waals surface area contributed by atoms with Gasteiger partial charge in [0, 0.05) is 28.1 Å². The summed E-state index contributed by atoms with van der Waals surface area (Å²) in [6, 6.07) is 15.6. The van der Waals surface area contributed by atoms with Crippen LogP contribution in [0.3, 0.4) is 0 Å². The Morgan fingerprint density at radius 2 is 1.52 bits per heavy atom. The van der Waals surface area contributed by atoms with Crippen molar-refractivity contribution in [2.75, 3.05) is 0 Å². The third kappa shape index (κ3) is 2.90. The molecule has 0 N–H and O–H groups in total. The van der Waals surface area contributed by atoms with Crippen LogP contribution in [-0.2, 0) is 0 Å². The fourth-order valence-corrected chi connectivity index (χ4v) is 1.93. The molecular weight excluding hydrogens is 264 g/mol. The van der Waals surface area contributed by atoms with Gasteiger partial charge in [0.1, 0.15) is 11.9 Å². The zero-order valence-electron chi connectivity index (χ0n) is 11.0. The first-order valence-electron chi connectivity index (χ1n) is 6.36. The van der Waals surface area contributed by atoms with Gasteiger partial charge >= 0.3 is 5.63 Å². The van der Waals surface area contributed by atoms with Crippen molar-refractivity contribution in [2.45, 2.75) is 0 Å². The van der Waals surface area contributed by atoms with Gasteiger partial charge in [-0.2, -0.15) is 0 Å². The quantitative estimate of drug-likeness (QED) is 0.389. The van der Waals surface area contributed by atoms with Gasteiger partial charge in [-0.1, -0.05) is 24.0 Å². The third-order valence-corrected chi connectivity index (χ3v) is 3.02. The zero-order valence-corrected chi connectivity index (χ0v) is 11.0. The molecule has 3 heteroatoms. The van der Waals surface area contributed by atoms with Gasteiger partial charge in [-0.25, -0.2) is 4.79 Å². The second-order valence-corrected chi connectivity index (χ2v) is 4.50. The van der Waals surface area contributed by atoms with Crippen molar-refractivity contribution >= 4 is 17.3 Å². The Balaban J connectivity index is 1.95. The van der Waals surface area contributed by atoms with E-state index in [-0.39, 0.29) is 5.63 Å². The summed E-state index contributed by atoms with van der Waals surface area (Å²) in [6.07, 6.45) is 0.794. The highest BCUT2D eigenvalue weighted by Crippen LogP contribution is 2.13. The van der Waals surface area contributed by atoms with Gasteiger partial charge in [0.05, 0.1) is 0 Å². The molecule has 0 aliphatic rings. The third-order valence-electron chi connectivity index (χ3n) is 3.02. The van der Waals surface area contributed by atoms with Gasteiger partial charge in [-0.3, -0.25) is 4.79 Å². The van der Waals surface area contributed by atoms with Crippen LogP contribution in [0.5, 0.6) is 0 Å². The molecule has 0 unspecified atom stereocenters. The number of aldehydes is 1. The largest absolute Gasteiger partial charge is 0.423 e. The standard InChI is InChI=1S/C18H10O3/c19-12-15-5-2-13(3-6-15)1-4-14-7-8-16-9-10-18(20)21-17(16)11-14/h2-3,5-12H. The van der Waals surface area contributed by atoms with Gasteiger partial charge in [0.25, 0.3) is 0 Å². The van der Waals surface area contributed by atoms with Crippen molar-refractivity contribution < 1.29 is 9.21 Å². The minimum Gasteiger partial charge on any atom is -0.423 e. The molecule has 0 saturated heterocycles. The van der Waals surface area contributed by atoms with Crippen molar-refractivity contribution in [1.29, 1.82) is 0 Å². The molecule has 21 heavy (non-hydrogen) atoms. The Kier molecular flexibility index (Phi) is 3.36. The van der Waals surface area contributed by atoms with Gasteiger partial charge in [-0.05, 0) is 36.4 Å². The molecule has 0 bridgehead atoms. The van der Waals surface area contributed by atoms with Crippen LogP contribution in [0.1, 0.15) is 21.5 Å². The molecule has 0 radical (unpaired) electrons. The second-order valence-electron chi connectivity index (χ2n) is 4.50. The van der Waals surface area contributed by atoms with Crippen LogP contribution in [0.4, 0.5) is 0 Å². The number of fused-ring (bicyclic) bond motifs is 1. The van der Waals surface area contributed by atoms with Crippen molar-refractivity contribution in [3.05, 3.63) is 81.7 Å². The smallest absolute Gasteiger partial charge is 0.336 e. The first kappa shape index (κ1) is 12.9. The van der Waals surface area contributed by atoms with E-state index in [1.54, 1.807) is 36.4 Å².